The molecule has 0 aromatic heterocycles. The Morgan fingerprint density at radius 1 is 1.08 bits per heavy atom. The molecule has 2 amide bonds. The van der Waals surface area contributed by atoms with Crippen LogP contribution in [0.4, 0.5) is 0 Å². The molecule has 25 heavy (non-hydrogen) atoms. The number of morpholine rings is 1. The number of amides is 2. The number of rotatable bonds is 10. The molecule has 1 heterocycles. The maximum absolute atomic E-state index is 11.7. The zero-order valence-corrected chi connectivity index (χ0v) is 14.5. The van der Waals surface area contributed by atoms with Crippen molar-refractivity contribution in [3.05, 3.63) is 30.3 Å². The molecule has 7 heteroatoms. The molecule has 0 spiro atoms. The first kappa shape index (κ1) is 19.2. The van der Waals surface area contributed by atoms with E-state index >= 15 is 0 Å². The highest BCUT2D eigenvalue weighted by molar-refractivity contribution is 5.84. The van der Waals surface area contributed by atoms with Crippen LogP contribution in [0.15, 0.2) is 30.3 Å². The number of hydrogen-bond donors (Lipinski definition) is 2. The normalized spacial score (nSPS) is 14.7. The summed E-state index contributed by atoms with van der Waals surface area (Å²) in [5.41, 5.74) is 0. The molecule has 0 bridgehead atoms. The summed E-state index contributed by atoms with van der Waals surface area (Å²) in [6.07, 6.45) is 0.952. The van der Waals surface area contributed by atoms with Crippen LogP contribution < -0.4 is 15.4 Å². The Balaban J connectivity index is 1.45. The van der Waals surface area contributed by atoms with E-state index in [4.69, 9.17) is 9.47 Å². The molecule has 0 atom stereocenters. The zero-order chi connectivity index (χ0) is 17.7. The Morgan fingerprint density at radius 2 is 1.84 bits per heavy atom. The van der Waals surface area contributed by atoms with Crippen LogP contribution >= 0.6 is 0 Å². The molecule has 2 rings (SSSR count). The number of nitrogens with zero attached hydrogens (tertiary/aromatic N) is 1. The molecular formula is C18H27N3O4. The highest BCUT2D eigenvalue weighted by atomic mass is 16.5. The van der Waals surface area contributed by atoms with Gasteiger partial charge in [-0.15, -0.1) is 0 Å². The summed E-state index contributed by atoms with van der Waals surface area (Å²) in [5, 5.41) is 5.44. The summed E-state index contributed by atoms with van der Waals surface area (Å²) in [5.74, 6) is 0.490. The van der Waals surface area contributed by atoms with Crippen LogP contribution in [0, 0.1) is 0 Å². The topological polar surface area (TPSA) is 79.9 Å². The SMILES string of the molecule is O=C(CCCOc1ccccc1)NCC(=O)NCCN1CCOCC1. The molecule has 138 valence electrons. The molecule has 7 nitrogen and oxygen atoms in total. The number of nitrogens with one attached hydrogen (secondary N) is 2. The minimum absolute atomic E-state index is 0.0154. The van der Waals surface area contributed by atoms with Gasteiger partial charge in [0.05, 0.1) is 26.4 Å². The Kier molecular flexibility index (Phi) is 8.79. The van der Waals surface area contributed by atoms with Crippen LogP contribution in [-0.4, -0.2) is 69.3 Å². The number of benzene rings is 1. The standard InChI is InChI=1S/C18H27N3O4/c22-17(7-4-12-25-16-5-2-1-3-6-16)20-15-18(23)19-8-9-21-10-13-24-14-11-21/h1-3,5-6H,4,7-15H2,(H,19,23)(H,20,22). The van der Waals surface area contributed by atoms with Crippen molar-refractivity contribution in [3.8, 4) is 5.75 Å². The van der Waals surface area contributed by atoms with Crippen molar-refractivity contribution < 1.29 is 19.1 Å². The van der Waals surface area contributed by atoms with Crippen molar-refractivity contribution in [1.29, 1.82) is 0 Å². The van der Waals surface area contributed by atoms with Gasteiger partial charge in [0, 0.05) is 32.6 Å². The average molecular weight is 349 g/mol. The fraction of sp³-hybridized carbons (Fsp3) is 0.556. The highest BCUT2D eigenvalue weighted by Gasteiger charge is 2.10. The molecule has 1 aliphatic heterocycles. The van der Waals surface area contributed by atoms with Crippen LogP contribution in [0.5, 0.6) is 5.75 Å². The summed E-state index contributed by atoms with van der Waals surface area (Å²) in [6.45, 7) is 5.18. The Hall–Kier alpha value is -2.12. The van der Waals surface area contributed by atoms with Gasteiger partial charge in [0.2, 0.25) is 11.8 Å². The number of carbonyl (C=O) groups is 2. The molecule has 1 aromatic carbocycles. The second-order valence-corrected chi connectivity index (χ2v) is 5.85. The van der Waals surface area contributed by atoms with Crippen molar-refractivity contribution in [2.24, 2.45) is 0 Å². The van der Waals surface area contributed by atoms with Gasteiger partial charge < -0.3 is 20.1 Å². The molecule has 2 N–H and O–H groups in total. The summed E-state index contributed by atoms with van der Waals surface area (Å²) in [4.78, 5) is 25.7. The van der Waals surface area contributed by atoms with Crippen molar-refractivity contribution in [1.82, 2.24) is 15.5 Å². The minimum Gasteiger partial charge on any atom is -0.494 e. The Bertz CT molecular complexity index is 518. The van der Waals surface area contributed by atoms with Crippen molar-refractivity contribution in [3.63, 3.8) is 0 Å². The first-order valence-corrected chi connectivity index (χ1v) is 8.75. The third kappa shape index (κ3) is 8.51. The quantitative estimate of drug-likeness (QED) is 0.598. The summed E-state index contributed by atoms with van der Waals surface area (Å²) in [6, 6.07) is 9.48. The largest absolute Gasteiger partial charge is 0.494 e. The van der Waals surface area contributed by atoms with Gasteiger partial charge in [0.1, 0.15) is 5.75 Å². The maximum atomic E-state index is 11.7. The van der Waals surface area contributed by atoms with Crippen LogP contribution in [0.25, 0.3) is 0 Å². The van der Waals surface area contributed by atoms with Crippen LogP contribution in [0.1, 0.15) is 12.8 Å². The molecule has 1 aromatic rings. The van der Waals surface area contributed by atoms with Crippen molar-refractivity contribution in [2.45, 2.75) is 12.8 Å². The third-order valence-electron chi connectivity index (χ3n) is 3.86. The van der Waals surface area contributed by atoms with E-state index in [9.17, 15) is 9.59 Å². The maximum Gasteiger partial charge on any atom is 0.239 e. The molecule has 1 aliphatic rings. The predicted molar refractivity (Wildman–Crippen MR) is 94.4 cm³/mol. The first-order chi connectivity index (χ1) is 12.2. The summed E-state index contributed by atoms with van der Waals surface area (Å²) < 4.78 is 10.8. The van der Waals surface area contributed by atoms with E-state index in [1.54, 1.807) is 0 Å². The van der Waals surface area contributed by atoms with Crippen molar-refractivity contribution in [2.75, 3.05) is 52.5 Å². The fourth-order valence-electron chi connectivity index (χ4n) is 2.45. The summed E-state index contributed by atoms with van der Waals surface area (Å²) in [7, 11) is 0. The molecule has 1 fully saturated rings. The van der Waals surface area contributed by atoms with E-state index in [-0.39, 0.29) is 18.4 Å². The lowest BCUT2D eigenvalue weighted by molar-refractivity contribution is -0.126. The second kappa shape index (κ2) is 11.4. The predicted octanol–water partition coefficient (Wildman–Crippen LogP) is 0.410. The van der Waals surface area contributed by atoms with Gasteiger partial charge in [-0.05, 0) is 18.6 Å². The lowest BCUT2D eigenvalue weighted by Gasteiger charge is -2.26. The lowest BCUT2D eigenvalue weighted by Crippen LogP contribution is -2.43. The molecular weight excluding hydrogens is 322 g/mol. The minimum atomic E-state index is -0.165. The van der Waals surface area contributed by atoms with E-state index in [0.29, 0.717) is 26.0 Å². The zero-order valence-electron chi connectivity index (χ0n) is 14.5. The fourth-order valence-corrected chi connectivity index (χ4v) is 2.45. The number of ether oxygens (including phenoxy) is 2. The van der Waals surface area contributed by atoms with Gasteiger partial charge >= 0.3 is 0 Å². The van der Waals surface area contributed by atoms with Crippen LogP contribution in [0.3, 0.4) is 0 Å². The van der Waals surface area contributed by atoms with E-state index < -0.39 is 0 Å². The van der Waals surface area contributed by atoms with E-state index in [0.717, 1.165) is 38.6 Å². The van der Waals surface area contributed by atoms with Gasteiger partial charge in [-0.25, -0.2) is 0 Å². The van der Waals surface area contributed by atoms with Gasteiger partial charge in [-0.2, -0.15) is 0 Å². The van der Waals surface area contributed by atoms with Crippen LogP contribution in [0.2, 0.25) is 0 Å². The monoisotopic (exact) mass is 349 g/mol. The number of hydrogen-bond acceptors (Lipinski definition) is 5. The Morgan fingerprint density at radius 3 is 2.60 bits per heavy atom. The highest BCUT2D eigenvalue weighted by Crippen LogP contribution is 2.08. The second-order valence-electron chi connectivity index (χ2n) is 5.85. The third-order valence-corrected chi connectivity index (χ3v) is 3.86. The number of carbonyl (C=O) groups excluding carboxylic acids is 2. The smallest absolute Gasteiger partial charge is 0.239 e. The molecule has 0 saturated carbocycles. The van der Waals surface area contributed by atoms with E-state index in [1.807, 2.05) is 30.3 Å². The van der Waals surface area contributed by atoms with Crippen LogP contribution in [-0.2, 0) is 14.3 Å². The summed E-state index contributed by atoms with van der Waals surface area (Å²) >= 11 is 0. The molecule has 0 unspecified atom stereocenters. The van der Waals surface area contributed by atoms with Gasteiger partial charge in [-0.3, -0.25) is 14.5 Å². The molecule has 0 aliphatic carbocycles. The van der Waals surface area contributed by atoms with Gasteiger partial charge in [0.15, 0.2) is 0 Å². The lowest BCUT2D eigenvalue weighted by atomic mass is 10.3. The van der Waals surface area contributed by atoms with Crippen molar-refractivity contribution >= 4 is 11.8 Å². The van der Waals surface area contributed by atoms with E-state index in [2.05, 4.69) is 15.5 Å². The Labute approximate surface area is 148 Å². The number of para-hydroxylation sites is 1. The first-order valence-electron chi connectivity index (χ1n) is 8.75. The van der Waals surface area contributed by atoms with Gasteiger partial charge in [-0.1, -0.05) is 18.2 Å². The molecule has 1 saturated heterocycles. The molecule has 0 radical (unpaired) electrons. The average Bonchev–Trinajstić information content (AvgIpc) is 2.65. The van der Waals surface area contributed by atoms with Gasteiger partial charge in [0.25, 0.3) is 0 Å². The van der Waals surface area contributed by atoms with E-state index in [1.165, 1.54) is 0 Å².